The van der Waals surface area contributed by atoms with E-state index in [1.54, 1.807) is 6.92 Å². The maximum absolute atomic E-state index is 11.5. The highest BCUT2D eigenvalue weighted by atomic mass is 31.3. The highest BCUT2D eigenvalue weighted by Crippen LogP contribution is 2.62. The summed E-state index contributed by atoms with van der Waals surface area (Å²) in [4.78, 5) is 18.2. The van der Waals surface area contributed by atoms with Crippen molar-refractivity contribution in [2.75, 3.05) is 19.6 Å². The monoisotopic (exact) mass is 367 g/mol. The quantitative estimate of drug-likeness (QED) is 0.534. The van der Waals surface area contributed by atoms with Crippen LogP contribution < -0.4 is 0 Å². The van der Waals surface area contributed by atoms with E-state index in [-0.39, 0.29) is 12.7 Å². The van der Waals surface area contributed by atoms with Crippen LogP contribution in [0.5, 0.6) is 0 Å². The minimum atomic E-state index is -4.67. The molecule has 10 nitrogen and oxygen atoms in total. The Kier molecular flexibility index (Phi) is 7.09. The first-order valence-electron chi connectivity index (χ1n) is 5.87. The van der Waals surface area contributed by atoms with Crippen molar-refractivity contribution in [1.82, 2.24) is 0 Å². The van der Waals surface area contributed by atoms with Crippen LogP contribution in [0.3, 0.4) is 0 Å². The zero-order valence-corrected chi connectivity index (χ0v) is 14.1. The summed E-state index contributed by atoms with van der Waals surface area (Å²) in [5.74, 6) is -0.978. The molecule has 1 aliphatic rings. The molecule has 0 saturated carbocycles. The molecule has 0 aromatic carbocycles. The molecule has 13 heteroatoms. The predicted octanol–water partition coefficient (Wildman–Crippen LogP) is 1.19. The topological polar surface area (TPSA) is 149 Å². The normalized spacial score (nSPS) is 32.4. The summed E-state index contributed by atoms with van der Waals surface area (Å²) in [7, 11) is -11.1. The van der Waals surface area contributed by atoms with Crippen LogP contribution in [0.25, 0.3) is 0 Å². The molecule has 124 valence electrons. The average molecular weight is 367 g/mol. The van der Waals surface area contributed by atoms with Gasteiger partial charge in [0.05, 0.1) is 12.2 Å². The van der Waals surface area contributed by atoms with Crippen molar-refractivity contribution in [2.24, 2.45) is 0 Å². The predicted molar refractivity (Wildman–Crippen MR) is 71.1 cm³/mol. The van der Waals surface area contributed by atoms with Gasteiger partial charge >= 0.3 is 23.4 Å². The van der Waals surface area contributed by atoms with Gasteiger partial charge in [-0.25, -0.2) is 8.88 Å². The molecule has 0 spiro atoms. The van der Waals surface area contributed by atoms with Crippen LogP contribution in [0.15, 0.2) is 0 Å². The van der Waals surface area contributed by atoms with E-state index in [0.717, 1.165) is 7.11 Å². The lowest BCUT2D eigenvalue weighted by molar-refractivity contribution is -0.00919. The van der Waals surface area contributed by atoms with Crippen molar-refractivity contribution in [3.8, 4) is 0 Å². The van der Waals surface area contributed by atoms with Crippen LogP contribution in [0.2, 0.25) is 0 Å². The Morgan fingerprint density at radius 2 is 2.00 bits per heavy atom. The van der Waals surface area contributed by atoms with E-state index in [9.17, 15) is 23.7 Å². The highest BCUT2D eigenvalue weighted by Gasteiger charge is 2.42. The van der Waals surface area contributed by atoms with Gasteiger partial charge in [0.1, 0.15) is 12.7 Å². The van der Waals surface area contributed by atoms with Crippen LogP contribution >= 0.6 is 23.4 Å². The van der Waals surface area contributed by atoms with E-state index in [2.05, 4.69) is 8.83 Å². The lowest BCUT2D eigenvalue weighted by Crippen LogP contribution is -2.25. The number of hydrogen-bond acceptors (Lipinski definition) is 8. The molecule has 0 aromatic rings. The summed E-state index contributed by atoms with van der Waals surface area (Å²) in [6.45, 7) is 1.52. The number of aliphatic hydroxyl groups is 1. The number of hydrogen-bond donors (Lipinski definition) is 3. The summed E-state index contributed by atoms with van der Waals surface area (Å²) in [6, 6.07) is 0. The van der Waals surface area contributed by atoms with E-state index >= 15 is 0 Å². The Morgan fingerprint density at radius 3 is 2.48 bits per heavy atom. The molecular formula is C8H18O10P3+. The van der Waals surface area contributed by atoms with Gasteiger partial charge in [0, 0.05) is 13.5 Å². The van der Waals surface area contributed by atoms with E-state index < -0.39 is 41.6 Å². The summed E-state index contributed by atoms with van der Waals surface area (Å²) in [5.41, 5.74) is 0. The lowest BCUT2D eigenvalue weighted by atomic mass is 10.1. The summed E-state index contributed by atoms with van der Waals surface area (Å²) in [6.07, 6.45) is -1.21. The zero-order valence-electron chi connectivity index (χ0n) is 11.4. The van der Waals surface area contributed by atoms with Crippen molar-refractivity contribution in [2.45, 2.75) is 31.7 Å². The molecule has 0 aliphatic carbocycles. The Morgan fingerprint density at radius 1 is 1.38 bits per heavy atom. The van der Waals surface area contributed by atoms with E-state index in [4.69, 9.17) is 14.2 Å². The first-order chi connectivity index (χ1) is 9.54. The third-order valence-corrected chi connectivity index (χ3v) is 7.65. The maximum atomic E-state index is 11.5. The van der Waals surface area contributed by atoms with Crippen molar-refractivity contribution in [3.05, 3.63) is 0 Å². The fourth-order valence-electron chi connectivity index (χ4n) is 1.65. The first kappa shape index (κ1) is 19.3. The van der Waals surface area contributed by atoms with Crippen LogP contribution in [-0.4, -0.2) is 52.8 Å². The van der Waals surface area contributed by atoms with Gasteiger partial charge in [-0.2, -0.15) is 0 Å². The second kappa shape index (κ2) is 7.70. The van der Waals surface area contributed by atoms with Crippen LogP contribution in [-0.2, 0) is 31.8 Å². The molecule has 6 atom stereocenters. The fraction of sp³-hybridized carbons (Fsp3) is 1.00. The molecule has 1 aliphatic heterocycles. The standard InChI is InChI=1S/C8H17O10P3/c1-6-3-7(9)8(17-6)4-16-19(10)5-20(11,12)18-21(13,14)15-2/h6-9H,3-5H2,1-2H3,(H-,11,12,13,14)/p+1/t6-,7?,8+/m0/s1. The Bertz CT molecular complexity index is 467. The summed E-state index contributed by atoms with van der Waals surface area (Å²) in [5, 5.41) is 9.57. The van der Waals surface area contributed by atoms with Crippen molar-refractivity contribution < 1.29 is 46.7 Å². The molecule has 1 rings (SSSR count). The SMILES string of the molecule is COP(=O)(O)OP(=O)(O)C[P+](=O)OC[C@H]1O[C@@H](C)CC1O. The highest BCUT2D eigenvalue weighted by molar-refractivity contribution is 7.70. The second-order valence-electron chi connectivity index (χ2n) is 4.43. The molecule has 0 radical (unpaired) electrons. The van der Waals surface area contributed by atoms with Crippen LogP contribution in [0.4, 0.5) is 0 Å². The smallest absolute Gasteiger partial charge is 0.390 e. The van der Waals surface area contributed by atoms with Gasteiger partial charge in [-0.1, -0.05) is 0 Å². The molecule has 1 heterocycles. The molecule has 0 aromatic heterocycles. The molecule has 1 saturated heterocycles. The molecule has 0 amide bonds. The molecule has 3 N–H and O–H groups in total. The largest absolute Gasteiger partial charge is 0.521 e. The lowest BCUT2D eigenvalue weighted by Gasteiger charge is -2.12. The second-order valence-corrected chi connectivity index (χ2v) is 9.71. The first-order valence-corrected chi connectivity index (χ1v) is 10.5. The maximum Gasteiger partial charge on any atom is 0.521 e. The minimum Gasteiger partial charge on any atom is -0.390 e. The average Bonchev–Trinajstić information content (AvgIpc) is 2.63. The fourth-order valence-corrected chi connectivity index (χ4v) is 5.69. The molecular weight excluding hydrogens is 349 g/mol. The molecule has 21 heavy (non-hydrogen) atoms. The Hall–Kier alpha value is 0.280. The van der Waals surface area contributed by atoms with Gasteiger partial charge in [0.15, 0.2) is 0 Å². The van der Waals surface area contributed by atoms with Gasteiger partial charge < -0.3 is 19.6 Å². The third-order valence-electron chi connectivity index (χ3n) is 2.55. The van der Waals surface area contributed by atoms with Gasteiger partial charge in [-0.15, -0.1) is 4.52 Å². The number of phosphoric ester groups is 1. The third kappa shape index (κ3) is 6.93. The molecule has 4 unspecified atom stereocenters. The number of ether oxygens (including phenoxy) is 1. The van der Waals surface area contributed by atoms with Crippen molar-refractivity contribution in [3.63, 3.8) is 0 Å². The van der Waals surface area contributed by atoms with E-state index in [0.29, 0.717) is 6.42 Å². The van der Waals surface area contributed by atoms with Gasteiger partial charge in [0.2, 0.25) is 0 Å². The van der Waals surface area contributed by atoms with Gasteiger partial charge in [0.25, 0.3) is 5.90 Å². The Balaban J connectivity index is 2.43. The number of rotatable bonds is 8. The van der Waals surface area contributed by atoms with Crippen molar-refractivity contribution in [1.29, 1.82) is 0 Å². The van der Waals surface area contributed by atoms with E-state index in [1.165, 1.54) is 0 Å². The van der Waals surface area contributed by atoms with Gasteiger partial charge in [-0.05, 0) is 11.5 Å². The molecule has 0 bridgehead atoms. The number of phosphoric acid groups is 1. The van der Waals surface area contributed by atoms with Crippen LogP contribution in [0.1, 0.15) is 13.3 Å². The van der Waals surface area contributed by atoms with Gasteiger partial charge in [-0.3, -0.25) is 9.09 Å². The summed E-state index contributed by atoms with van der Waals surface area (Å²) >= 11 is 0. The van der Waals surface area contributed by atoms with Crippen LogP contribution in [0, 0.1) is 0 Å². The van der Waals surface area contributed by atoms with Crippen molar-refractivity contribution >= 4 is 23.4 Å². The molecule has 1 fully saturated rings. The number of aliphatic hydroxyl groups excluding tert-OH is 1. The van der Waals surface area contributed by atoms with E-state index in [1.807, 2.05) is 0 Å². The minimum absolute atomic E-state index is 0.166. The summed E-state index contributed by atoms with van der Waals surface area (Å²) < 4.78 is 52.2. The Labute approximate surface area is 122 Å². The zero-order chi connectivity index (χ0) is 16.3.